The first-order valence-electron chi connectivity index (χ1n) is 7.93. The van der Waals surface area contributed by atoms with Gasteiger partial charge in [-0.25, -0.2) is 0 Å². The van der Waals surface area contributed by atoms with Gasteiger partial charge in [0.05, 0.1) is 0 Å². The lowest BCUT2D eigenvalue weighted by atomic mass is 10.0. The summed E-state index contributed by atoms with van der Waals surface area (Å²) in [7, 11) is 0. The van der Waals surface area contributed by atoms with Crippen LogP contribution in [-0.2, 0) is 0 Å². The Morgan fingerprint density at radius 3 is 1.78 bits per heavy atom. The molecule has 0 nitrogen and oxygen atoms in total. The van der Waals surface area contributed by atoms with Crippen LogP contribution in [0.1, 0.15) is 45.2 Å². The highest BCUT2D eigenvalue weighted by molar-refractivity contribution is 8.02. The third-order valence-electron chi connectivity index (χ3n) is 3.77. The molecule has 0 saturated carbocycles. The van der Waals surface area contributed by atoms with Crippen LogP contribution >= 0.6 is 11.8 Å². The van der Waals surface area contributed by atoms with Gasteiger partial charge in [-0.3, -0.25) is 0 Å². The fourth-order valence-electron chi connectivity index (χ4n) is 2.06. The summed E-state index contributed by atoms with van der Waals surface area (Å²) in [5.74, 6) is 0. The molecule has 1 heteroatoms. The van der Waals surface area contributed by atoms with E-state index < -0.39 is 0 Å². The first-order chi connectivity index (χ1) is 11.0. The zero-order valence-electron chi connectivity index (χ0n) is 15.0. The molecule has 0 radical (unpaired) electrons. The van der Waals surface area contributed by atoms with Gasteiger partial charge in [0.2, 0.25) is 0 Å². The Morgan fingerprint density at radius 2 is 1.35 bits per heavy atom. The Labute approximate surface area is 146 Å². The molecule has 0 N–H and O–H groups in total. The van der Waals surface area contributed by atoms with Crippen LogP contribution in [0.15, 0.2) is 71.7 Å². The van der Waals surface area contributed by atoms with Crippen molar-refractivity contribution in [2.75, 3.05) is 6.26 Å². The normalized spacial score (nSPS) is 14.1. The molecule has 1 rings (SSSR count). The lowest BCUT2D eigenvalue weighted by molar-refractivity contribution is 1.22. The van der Waals surface area contributed by atoms with Crippen LogP contribution in [0, 0.1) is 0 Å². The average Bonchev–Trinajstić information content (AvgIpc) is 2.57. The van der Waals surface area contributed by atoms with Crippen molar-refractivity contribution in [2.45, 2.75) is 34.1 Å². The third-order valence-corrected chi connectivity index (χ3v) is 4.55. The van der Waals surface area contributed by atoms with Crippen molar-refractivity contribution in [1.82, 2.24) is 0 Å². The van der Waals surface area contributed by atoms with Gasteiger partial charge in [0, 0.05) is 0 Å². The zero-order chi connectivity index (χ0) is 17.2. The second-order valence-corrected chi connectivity index (χ2v) is 6.82. The monoisotopic (exact) mass is 324 g/mol. The van der Waals surface area contributed by atoms with Gasteiger partial charge in [0.25, 0.3) is 0 Å². The molecule has 0 aliphatic rings. The van der Waals surface area contributed by atoms with Crippen molar-refractivity contribution in [3.8, 4) is 0 Å². The quantitative estimate of drug-likeness (QED) is 0.375. The van der Waals surface area contributed by atoms with Gasteiger partial charge in [-0.05, 0) is 67.5 Å². The van der Waals surface area contributed by atoms with Crippen LogP contribution in [0.5, 0.6) is 0 Å². The van der Waals surface area contributed by atoms with E-state index in [1.54, 1.807) is 11.8 Å². The standard InChI is InChI=1S/C22H28S/c1-7-8-17(2)9-10-18(3)21-13-15-22(16-14-21)19(4)11-12-20(5)23-6/h7,9-16H,1,8H2,2-6H3/b17-9-,18-10+,19-11+,20-12+. The molecule has 0 saturated heterocycles. The van der Waals surface area contributed by atoms with Gasteiger partial charge < -0.3 is 0 Å². The SMILES string of the molecule is C=CC/C(C)=C\C=C(/C)c1ccc(/C(C)=C/C=C(\C)SC)cc1. The van der Waals surface area contributed by atoms with Gasteiger partial charge in [-0.15, -0.1) is 18.3 Å². The maximum Gasteiger partial charge on any atom is -0.0140 e. The van der Waals surface area contributed by atoms with Crippen LogP contribution in [0.25, 0.3) is 11.1 Å². The Hall–Kier alpha value is -1.73. The highest BCUT2D eigenvalue weighted by atomic mass is 32.2. The summed E-state index contributed by atoms with van der Waals surface area (Å²) in [5.41, 5.74) is 6.42. The molecule has 0 heterocycles. The van der Waals surface area contributed by atoms with E-state index in [0.29, 0.717) is 0 Å². The van der Waals surface area contributed by atoms with E-state index in [4.69, 9.17) is 0 Å². The highest BCUT2D eigenvalue weighted by Crippen LogP contribution is 2.20. The van der Waals surface area contributed by atoms with Crippen LogP contribution in [0.3, 0.4) is 0 Å². The fraction of sp³-hybridized carbons (Fsp3) is 0.273. The summed E-state index contributed by atoms with van der Waals surface area (Å²) in [6.07, 6.45) is 13.7. The zero-order valence-corrected chi connectivity index (χ0v) is 15.8. The molecule has 1 aromatic rings. The molecule has 0 aromatic heterocycles. The Balaban J connectivity index is 2.90. The Bertz CT molecular complexity index is 637. The van der Waals surface area contributed by atoms with E-state index >= 15 is 0 Å². The molecule has 122 valence electrons. The van der Waals surface area contributed by atoms with Crippen molar-refractivity contribution >= 4 is 22.9 Å². The smallest absolute Gasteiger partial charge is 0.0140 e. The van der Waals surface area contributed by atoms with Gasteiger partial charge >= 0.3 is 0 Å². The second-order valence-electron chi connectivity index (χ2n) is 5.76. The lowest BCUT2D eigenvalue weighted by Crippen LogP contribution is -1.83. The molecule has 0 fully saturated rings. The molecule has 1 aromatic carbocycles. The molecule has 0 aliphatic carbocycles. The van der Waals surface area contributed by atoms with Crippen molar-refractivity contribution in [2.24, 2.45) is 0 Å². The minimum Gasteiger partial charge on any atom is -0.134 e. The number of allylic oxidation sites excluding steroid dienone is 9. The average molecular weight is 325 g/mol. The second kappa shape index (κ2) is 10.1. The van der Waals surface area contributed by atoms with E-state index in [-0.39, 0.29) is 0 Å². The minimum atomic E-state index is 0.940. The predicted molar refractivity (Wildman–Crippen MR) is 110 cm³/mol. The van der Waals surface area contributed by atoms with Gasteiger partial charge in [-0.1, -0.05) is 60.2 Å². The van der Waals surface area contributed by atoms with Crippen molar-refractivity contribution in [3.63, 3.8) is 0 Å². The molecule has 0 spiro atoms. The lowest BCUT2D eigenvalue weighted by Gasteiger charge is -2.05. The molecule has 0 unspecified atom stereocenters. The fourth-order valence-corrected chi connectivity index (χ4v) is 2.27. The summed E-state index contributed by atoms with van der Waals surface area (Å²) in [6.45, 7) is 12.3. The maximum atomic E-state index is 3.77. The summed E-state index contributed by atoms with van der Waals surface area (Å²) in [6, 6.07) is 8.78. The first-order valence-corrected chi connectivity index (χ1v) is 9.15. The summed E-state index contributed by atoms with van der Waals surface area (Å²) in [4.78, 5) is 1.32. The van der Waals surface area contributed by atoms with Crippen LogP contribution in [0.2, 0.25) is 0 Å². The van der Waals surface area contributed by atoms with Gasteiger partial charge in [0.1, 0.15) is 0 Å². The van der Waals surface area contributed by atoms with Crippen LogP contribution in [-0.4, -0.2) is 6.26 Å². The van der Waals surface area contributed by atoms with Gasteiger partial charge in [-0.2, -0.15) is 0 Å². The van der Waals surface area contributed by atoms with E-state index in [1.165, 1.54) is 32.8 Å². The largest absolute Gasteiger partial charge is 0.134 e. The number of rotatable bonds is 7. The Morgan fingerprint density at radius 1 is 0.870 bits per heavy atom. The van der Waals surface area contributed by atoms with E-state index in [1.807, 2.05) is 6.08 Å². The number of hydrogen-bond acceptors (Lipinski definition) is 1. The molecule has 0 atom stereocenters. The molecule has 0 bridgehead atoms. The molecular formula is C22H28S. The summed E-state index contributed by atoms with van der Waals surface area (Å²) >= 11 is 1.78. The highest BCUT2D eigenvalue weighted by Gasteiger charge is 1.98. The summed E-state index contributed by atoms with van der Waals surface area (Å²) in [5, 5.41) is 0. The van der Waals surface area contributed by atoms with Crippen molar-refractivity contribution in [1.29, 1.82) is 0 Å². The molecular weight excluding hydrogens is 296 g/mol. The van der Waals surface area contributed by atoms with Crippen molar-refractivity contribution in [3.05, 3.63) is 82.8 Å². The summed E-state index contributed by atoms with van der Waals surface area (Å²) < 4.78 is 0. The van der Waals surface area contributed by atoms with Gasteiger partial charge in [0.15, 0.2) is 0 Å². The molecule has 0 amide bonds. The van der Waals surface area contributed by atoms with E-state index in [2.05, 4.69) is 89.1 Å². The third kappa shape index (κ3) is 6.92. The number of benzene rings is 1. The van der Waals surface area contributed by atoms with Crippen LogP contribution in [0.4, 0.5) is 0 Å². The predicted octanol–water partition coefficient (Wildman–Crippen LogP) is 7.28. The topological polar surface area (TPSA) is 0 Å². The minimum absolute atomic E-state index is 0.940. The van der Waals surface area contributed by atoms with Crippen LogP contribution < -0.4 is 0 Å². The van der Waals surface area contributed by atoms with Crippen molar-refractivity contribution < 1.29 is 0 Å². The molecule has 23 heavy (non-hydrogen) atoms. The molecule has 0 aliphatic heterocycles. The maximum absolute atomic E-state index is 3.77. The first kappa shape index (κ1) is 19.3. The Kier molecular flexibility index (Phi) is 8.50. The van der Waals surface area contributed by atoms with E-state index in [0.717, 1.165) is 6.42 Å². The number of hydrogen-bond donors (Lipinski definition) is 0. The number of thioether (sulfide) groups is 1. The van der Waals surface area contributed by atoms with E-state index in [9.17, 15) is 0 Å².